The number of hydrogen-bond acceptors (Lipinski definition) is 9. The number of pyridine rings is 1. The van der Waals surface area contributed by atoms with Gasteiger partial charge in [-0.25, -0.2) is 13.2 Å². The van der Waals surface area contributed by atoms with Crippen LogP contribution in [0.3, 0.4) is 0 Å². The average Bonchev–Trinajstić information content (AvgIpc) is 3.45. The highest BCUT2D eigenvalue weighted by Gasteiger charge is 2.36. The fourth-order valence-corrected chi connectivity index (χ4v) is 6.07. The number of aliphatic carboxylic acids is 1. The number of carboxylic acids is 1. The summed E-state index contributed by atoms with van der Waals surface area (Å²) in [5.74, 6) is -1.20. The molecule has 0 saturated heterocycles. The molecule has 0 spiro atoms. The number of aryl methyl sites for hydroxylation is 1. The van der Waals surface area contributed by atoms with E-state index in [1.165, 1.54) is 32.5 Å². The Bertz CT molecular complexity index is 1710. The van der Waals surface area contributed by atoms with Gasteiger partial charge in [-0.05, 0) is 55.4 Å². The van der Waals surface area contributed by atoms with Crippen LogP contribution in [0.2, 0.25) is 0 Å². The third-order valence-corrected chi connectivity index (χ3v) is 8.93. The standard InChI is InChI=1S/C30H35N7O7S/c1-19-7-5-6-8-22(19)34-30(41)35-24-11-9-20(13-26(24)44-4)14-27(38)33-21-10-12-23(31-16-21)25(15-29(39)40)37(3)45(42,43)28-17-36(2)18-32-28/h5-13,16,25H,14-15,17-18H2,1-4H3,(H,33,38)(H,39,40)(H2,34,35,41). The largest absolute Gasteiger partial charge is 0.495 e. The van der Waals surface area contributed by atoms with E-state index in [0.717, 1.165) is 9.87 Å². The van der Waals surface area contributed by atoms with Gasteiger partial charge in [-0.1, -0.05) is 24.3 Å². The lowest BCUT2D eigenvalue weighted by atomic mass is 10.1. The molecular formula is C30H35N7O7S. The normalized spacial score (nSPS) is 14.0. The molecule has 45 heavy (non-hydrogen) atoms. The van der Waals surface area contributed by atoms with Gasteiger partial charge in [0.15, 0.2) is 5.04 Å². The molecule has 0 fully saturated rings. The average molecular weight is 638 g/mol. The van der Waals surface area contributed by atoms with Gasteiger partial charge < -0.3 is 25.8 Å². The highest BCUT2D eigenvalue weighted by molar-refractivity contribution is 8.04. The van der Waals surface area contributed by atoms with E-state index in [4.69, 9.17) is 4.74 Å². The maximum atomic E-state index is 13.1. The topological polar surface area (TPSA) is 183 Å². The fraction of sp³-hybridized carbons (Fsp3) is 0.300. The molecule has 0 saturated carbocycles. The molecule has 1 unspecified atom stereocenters. The number of amides is 3. The number of carbonyl (C=O) groups is 3. The van der Waals surface area contributed by atoms with Gasteiger partial charge in [0.05, 0.1) is 62.5 Å². The predicted molar refractivity (Wildman–Crippen MR) is 170 cm³/mol. The van der Waals surface area contributed by atoms with Crippen molar-refractivity contribution in [1.29, 1.82) is 0 Å². The van der Waals surface area contributed by atoms with E-state index in [1.54, 1.807) is 36.2 Å². The third kappa shape index (κ3) is 8.41. The van der Waals surface area contributed by atoms with E-state index in [0.29, 0.717) is 28.4 Å². The number of ether oxygens (including phenoxy) is 1. The highest BCUT2D eigenvalue weighted by Crippen LogP contribution is 2.28. The minimum atomic E-state index is -4.03. The van der Waals surface area contributed by atoms with E-state index in [9.17, 15) is 27.9 Å². The van der Waals surface area contributed by atoms with Crippen LogP contribution in [-0.2, 0) is 26.0 Å². The van der Waals surface area contributed by atoms with Crippen LogP contribution in [0.25, 0.3) is 0 Å². The smallest absolute Gasteiger partial charge is 0.323 e. The van der Waals surface area contributed by atoms with Gasteiger partial charge in [0.2, 0.25) is 5.91 Å². The van der Waals surface area contributed by atoms with Crippen molar-refractivity contribution < 1.29 is 32.6 Å². The number of para-hydroxylation sites is 1. The summed E-state index contributed by atoms with van der Waals surface area (Å²) in [5.41, 5.74) is 3.16. The second-order valence-corrected chi connectivity index (χ2v) is 12.5. The van der Waals surface area contributed by atoms with Gasteiger partial charge >= 0.3 is 12.0 Å². The van der Waals surface area contributed by atoms with Crippen molar-refractivity contribution in [2.45, 2.75) is 25.8 Å². The molecule has 238 valence electrons. The molecule has 1 aliphatic rings. The molecule has 2 aromatic carbocycles. The predicted octanol–water partition coefficient (Wildman–Crippen LogP) is 3.30. The number of urea groups is 1. The van der Waals surface area contributed by atoms with Crippen LogP contribution in [0.15, 0.2) is 65.8 Å². The van der Waals surface area contributed by atoms with Crippen LogP contribution < -0.4 is 20.7 Å². The molecule has 14 nitrogen and oxygen atoms in total. The van der Waals surface area contributed by atoms with Gasteiger partial charge in [0, 0.05) is 12.7 Å². The summed E-state index contributed by atoms with van der Waals surface area (Å²) in [5, 5.41) is 17.7. The van der Waals surface area contributed by atoms with Gasteiger partial charge in [-0.2, -0.15) is 4.31 Å². The van der Waals surface area contributed by atoms with E-state index in [-0.39, 0.29) is 36.3 Å². The lowest BCUT2D eigenvalue weighted by Gasteiger charge is -2.26. The maximum absolute atomic E-state index is 13.1. The zero-order valence-corrected chi connectivity index (χ0v) is 26.1. The number of rotatable bonds is 11. The first kappa shape index (κ1) is 33.0. The van der Waals surface area contributed by atoms with E-state index in [2.05, 4.69) is 25.9 Å². The number of benzene rings is 2. The Morgan fingerprint density at radius 1 is 1.07 bits per heavy atom. The van der Waals surface area contributed by atoms with E-state index < -0.39 is 34.5 Å². The molecule has 4 N–H and O–H groups in total. The van der Waals surface area contributed by atoms with Crippen molar-refractivity contribution in [2.75, 3.05) is 50.4 Å². The summed E-state index contributed by atoms with van der Waals surface area (Å²) in [6.45, 7) is 2.24. The van der Waals surface area contributed by atoms with Crippen LogP contribution in [0, 0.1) is 6.92 Å². The first-order chi connectivity index (χ1) is 21.4. The number of carbonyl (C=O) groups excluding carboxylic acids is 2. The first-order valence-corrected chi connectivity index (χ1v) is 15.3. The summed E-state index contributed by atoms with van der Waals surface area (Å²) >= 11 is 0. The van der Waals surface area contributed by atoms with Gasteiger partial charge in [0.25, 0.3) is 10.0 Å². The van der Waals surface area contributed by atoms with Crippen molar-refractivity contribution in [3.8, 4) is 5.75 Å². The zero-order chi connectivity index (χ0) is 32.7. The molecule has 15 heteroatoms. The molecule has 1 atom stereocenters. The Balaban J connectivity index is 1.40. The fourth-order valence-electron chi connectivity index (χ4n) is 4.62. The van der Waals surface area contributed by atoms with Gasteiger partial charge in [-0.15, -0.1) is 0 Å². The number of methoxy groups -OCH3 is 1. The second kappa shape index (κ2) is 14.3. The van der Waals surface area contributed by atoms with E-state index >= 15 is 0 Å². The first-order valence-electron chi connectivity index (χ1n) is 13.9. The summed E-state index contributed by atoms with van der Waals surface area (Å²) in [4.78, 5) is 47.0. The number of sulfonamides is 1. The van der Waals surface area contributed by atoms with Crippen molar-refractivity contribution in [1.82, 2.24) is 14.2 Å². The Kier molecular flexibility index (Phi) is 10.5. The molecule has 2 heterocycles. The molecular weight excluding hydrogens is 602 g/mol. The number of nitrogens with zero attached hydrogens (tertiary/aromatic N) is 4. The SMILES string of the molecule is COc1cc(CC(=O)Nc2ccc(C(CC(=O)O)N(C)S(=O)(=O)C3=NCN(C)C3)nc2)ccc1NC(=O)Nc1ccccc1C. The Morgan fingerprint density at radius 2 is 1.80 bits per heavy atom. The lowest BCUT2D eigenvalue weighted by Crippen LogP contribution is -2.39. The van der Waals surface area contributed by atoms with Crippen molar-refractivity contribution in [3.05, 3.63) is 77.6 Å². The van der Waals surface area contributed by atoms with Crippen molar-refractivity contribution >= 4 is 50.0 Å². The monoisotopic (exact) mass is 637 g/mol. The van der Waals surface area contributed by atoms with Crippen LogP contribution in [-0.4, -0.2) is 85.1 Å². The minimum absolute atomic E-state index is 0.0209. The van der Waals surface area contributed by atoms with Crippen LogP contribution in [0.5, 0.6) is 5.75 Å². The molecule has 0 bridgehead atoms. The highest BCUT2D eigenvalue weighted by atomic mass is 32.2. The Labute approximate surface area is 261 Å². The molecule has 4 rings (SSSR count). The number of carboxylic acid groups (broad SMARTS) is 1. The van der Waals surface area contributed by atoms with Crippen LogP contribution >= 0.6 is 0 Å². The number of hydrogen-bond donors (Lipinski definition) is 4. The number of aliphatic imine (C=N–C) groups is 1. The second-order valence-electron chi connectivity index (χ2n) is 10.5. The zero-order valence-electron chi connectivity index (χ0n) is 25.3. The van der Waals surface area contributed by atoms with Crippen LogP contribution in [0.1, 0.15) is 29.3 Å². The van der Waals surface area contributed by atoms with Crippen molar-refractivity contribution in [2.24, 2.45) is 4.99 Å². The van der Waals surface area contributed by atoms with Crippen LogP contribution in [0.4, 0.5) is 21.9 Å². The van der Waals surface area contributed by atoms with Gasteiger partial charge in [0.1, 0.15) is 5.75 Å². The number of anilines is 3. The molecule has 3 amide bonds. The van der Waals surface area contributed by atoms with E-state index in [1.807, 2.05) is 25.1 Å². The molecule has 1 aromatic heterocycles. The van der Waals surface area contributed by atoms with Crippen molar-refractivity contribution in [3.63, 3.8) is 0 Å². The Morgan fingerprint density at radius 3 is 2.42 bits per heavy atom. The molecule has 0 radical (unpaired) electrons. The molecule has 1 aliphatic heterocycles. The Hall–Kier alpha value is -4.86. The summed E-state index contributed by atoms with van der Waals surface area (Å²) in [7, 11) is 0.454. The summed E-state index contributed by atoms with van der Waals surface area (Å²) in [6, 6.07) is 13.8. The molecule has 0 aliphatic carbocycles. The summed E-state index contributed by atoms with van der Waals surface area (Å²) < 4.78 is 32.6. The number of aromatic nitrogens is 1. The summed E-state index contributed by atoms with van der Waals surface area (Å²) in [6.07, 6.45) is 0.800. The molecule has 3 aromatic rings. The quantitative estimate of drug-likeness (QED) is 0.245. The maximum Gasteiger partial charge on any atom is 0.323 e. The number of nitrogens with one attached hydrogen (secondary N) is 3. The lowest BCUT2D eigenvalue weighted by molar-refractivity contribution is -0.138. The third-order valence-electron chi connectivity index (χ3n) is 7.06. The van der Waals surface area contributed by atoms with Gasteiger partial charge in [-0.3, -0.25) is 24.5 Å². The minimum Gasteiger partial charge on any atom is -0.495 e.